The molecule has 0 aromatic heterocycles. The van der Waals surface area contributed by atoms with Crippen molar-refractivity contribution in [1.82, 2.24) is 0 Å². The number of benzene rings is 2. The maximum atomic E-state index is 11.3. The van der Waals surface area contributed by atoms with Crippen molar-refractivity contribution in [2.75, 3.05) is 24.2 Å². The maximum Gasteiger partial charge on any atom is 0.250 e. The minimum atomic E-state index is -0.528. The van der Waals surface area contributed by atoms with Gasteiger partial charge in [0.05, 0.1) is 5.56 Å². The molecule has 5 nitrogen and oxygen atoms in total. The Morgan fingerprint density at radius 1 is 1.19 bits per heavy atom. The number of rotatable bonds is 6. The Morgan fingerprint density at radius 3 is 2.57 bits per heavy atom. The lowest BCUT2D eigenvalue weighted by Crippen LogP contribution is -2.17. The minimum absolute atomic E-state index is 0.356. The summed E-state index contributed by atoms with van der Waals surface area (Å²) in [5.74, 6) is 0.205. The fourth-order valence-electron chi connectivity index (χ4n) is 1.79. The zero-order valence-electron chi connectivity index (χ0n) is 11.3. The van der Waals surface area contributed by atoms with Crippen molar-refractivity contribution >= 4 is 28.9 Å². The summed E-state index contributed by atoms with van der Waals surface area (Å²) in [6.07, 6.45) is 0. The van der Waals surface area contributed by atoms with Crippen molar-refractivity contribution < 1.29 is 9.53 Å². The van der Waals surface area contributed by atoms with E-state index >= 15 is 0 Å². The van der Waals surface area contributed by atoms with Crippen molar-refractivity contribution in [2.45, 2.75) is 0 Å². The second-order valence-electron chi connectivity index (χ2n) is 4.40. The molecule has 2 aromatic rings. The summed E-state index contributed by atoms with van der Waals surface area (Å²) < 4.78 is 5.55. The molecule has 0 aliphatic rings. The molecule has 0 fully saturated rings. The lowest BCUT2D eigenvalue weighted by Gasteiger charge is -2.11. The molecule has 5 N–H and O–H groups in total. The van der Waals surface area contributed by atoms with Gasteiger partial charge in [0.1, 0.15) is 12.4 Å². The number of hydrogen-bond donors (Lipinski definition) is 3. The van der Waals surface area contributed by atoms with E-state index in [-0.39, 0.29) is 0 Å². The van der Waals surface area contributed by atoms with Crippen LogP contribution in [-0.4, -0.2) is 19.1 Å². The molecule has 2 rings (SSSR count). The third kappa shape index (κ3) is 4.29. The Kier molecular flexibility index (Phi) is 4.90. The molecule has 0 bridgehead atoms. The van der Waals surface area contributed by atoms with Gasteiger partial charge in [0.25, 0.3) is 5.91 Å². The van der Waals surface area contributed by atoms with Crippen LogP contribution in [0.3, 0.4) is 0 Å². The van der Waals surface area contributed by atoms with Gasteiger partial charge in [-0.2, -0.15) is 0 Å². The average Bonchev–Trinajstić information content (AvgIpc) is 2.46. The maximum absolute atomic E-state index is 11.3. The first-order valence-electron chi connectivity index (χ1n) is 6.38. The summed E-state index contributed by atoms with van der Waals surface area (Å²) in [7, 11) is 0. The lowest BCUT2D eigenvalue weighted by atomic mass is 10.1. The van der Waals surface area contributed by atoms with Crippen LogP contribution in [0.5, 0.6) is 5.75 Å². The van der Waals surface area contributed by atoms with Crippen LogP contribution in [0.4, 0.5) is 11.4 Å². The number of carbonyl (C=O) groups excluding carboxylic acids is 1. The quantitative estimate of drug-likeness (QED) is 0.565. The summed E-state index contributed by atoms with van der Waals surface area (Å²) in [6.45, 7) is 0.955. The number of carbonyl (C=O) groups is 1. The van der Waals surface area contributed by atoms with Gasteiger partial charge in [0.15, 0.2) is 0 Å². The zero-order valence-corrected chi connectivity index (χ0v) is 12.1. The summed E-state index contributed by atoms with van der Waals surface area (Å²) >= 11 is 5.84. The monoisotopic (exact) mass is 305 g/mol. The van der Waals surface area contributed by atoms with Gasteiger partial charge in [-0.05, 0) is 42.5 Å². The second-order valence-corrected chi connectivity index (χ2v) is 4.83. The SMILES string of the molecule is NC(=O)c1cc(Cl)ccc1NCCOc1ccc(N)cc1. The van der Waals surface area contributed by atoms with E-state index in [1.165, 1.54) is 6.07 Å². The fraction of sp³-hybridized carbons (Fsp3) is 0.133. The first kappa shape index (κ1) is 15.0. The molecule has 0 aliphatic carbocycles. The molecule has 6 heteroatoms. The van der Waals surface area contributed by atoms with Crippen molar-refractivity contribution in [3.63, 3.8) is 0 Å². The van der Waals surface area contributed by atoms with Crippen LogP contribution in [0.1, 0.15) is 10.4 Å². The number of nitrogens with two attached hydrogens (primary N) is 2. The van der Waals surface area contributed by atoms with Gasteiger partial charge in [-0.1, -0.05) is 11.6 Å². The third-order valence-electron chi connectivity index (χ3n) is 2.81. The van der Waals surface area contributed by atoms with Crippen molar-refractivity contribution in [1.29, 1.82) is 0 Å². The zero-order chi connectivity index (χ0) is 15.2. The highest BCUT2D eigenvalue weighted by molar-refractivity contribution is 6.31. The van der Waals surface area contributed by atoms with E-state index < -0.39 is 5.91 Å². The van der Waals surface area contributed by atoms with Crippen LogP contribution >= 0.6 is 11.6 Å². The molecule has 2 aromatic carbocycles. The predicted octanol–water partition coefficient (Wildman–Crippen LogP) is 2.51. The normalized spacial score (nSPS) is 10.1. The van der Waals surface area contributed by atoms with Crippen molar-refractivity contribution in [3.8, 4) is 5.75 Å². The predicted molar refractivity (Wildman–Crippen MR) is 84.8 cm³/mol. The largest absolute Gasteiger partial charge is 0.492 e. The summed E-state index contributed by atoms with van der Waals surface area (Å²) in [5.41, 5.74) is 12.6. The van der Waals surface area contributed by atoms with Crippen LogP contribution in [0.2, 0.25) is 5.02 Å². The summed E-state index contributed by atoms with van der Waals surface area (Å²) in [4.78, 5) is 11.3. The van der Waals surface area contributed by atoms with Gasteiger partial charge in [-0.25, -0.2) is 0 Å². The highest BCUT2D eigenvalue weighted by Gasteiger charge is 2.08. The van der Waals surface area contributed by atoms with Gasteiger partial charge < -0.3 is 21.5 Å². The van der Waals surface area contributed by atoms with E-state index in [9.17, 15) is 4.79 Å². The first-order valence-corrected chi connectivity index (χ1v) is 6.75. The molecule has 110 valence electrons. The first-order chi connectivity index (χ1) is 10.1. The van der Waals surface area contributed by atoms with Crippen LogP contribution in [0, 0.1) is 0 Å². The number of amides is 1. The molecule has 0 saturated heterocycles. The topological polar surface area (TPSA) is 90.4 Å². The highest BCUT2D eigenvalue weighted by atomic mass is 35.5. The number of nitrogens with one attached hydrogen (secondary N) is 1. The van der Waals surface area contributed by atoms with Gasteiger partial charge >= 0.3 is 0 Å². The number of nitrogen functional groups attached to an aromatic ring is 1. The number of primary amides is 1. The van der Waals surface area contributed by atoms with Crippen LogP contribution in [0.15, 0.2) is 42.5 Å². The average molecular weight is 306 g/mol. The number of anilines is 2. The van der Waals surface area contributed by atoms with E-state index in [0.717, 1.165) is 5.75 Å². The third-order valence-corrected chi connectivity index (χ3v) is 3.05. The van der Waals surface area contributed by atoms with Crippen molar-refractivity contribution in [3.05, 3.63) is 53.1 Å². The number of halogens is 1. The van der Waals surface area contributed by atoms with Gasteiger partial charge in [0.2, 0.25) is 0 Å². The molecule has 1 amide bonds. The molecular weight excluding hydrogens is 290 g/mol. The van der Waals surface area contributed by atoms with Gasteiger partial charge in [-0.15, -0.1) is 0 Å². The molecule has 0 unspecified atom stereocenters. The summed E-state index contributed by atoms with van der Waals surface area (Å²) in [5, 5.41) is 3.56. The molecule has 21 heavy (non-hydrogen) atoms. The highest BCUT2D eigenvalue weighted by Crippen LogP contribution is 2.20. The van der Waals surface area contributed by atoms with E-state index in [4.69, 9.17) is 27.8 Å². The Bertz CT molecular complexity index is 629. The Morgan fingerprint density at radius 2 is 1.90 bits per heavy atom. The van der Waals surface area contributed by atoms with E-state index in [1.54, 1.807) is 36.4 Å². The van der Waals surface area contributed by atoms with Crippen LogP contribution < -0.4 is 21.5 Å². The molecule has 0 saturated carbocycles. The molecule has 0 atom stereocenters. The molecule has 0 aliphatic heterocycles. The molecule has 0 spiro atoms. The van der Waals surface area contributed by atoms with Crippen LogP contribution in [0.25, 0.3) is 0 Å². The van der Waals surface area contributed by atoms with Gasteiger partial charge in [0, 0.05) is 22.9 Å². The number of ether oxygens (including phenoxy) is 1. The Labute approximate surface area is 127 Å². The molecule has 0 heterocycles. The van der Waals surface area contributed by atoms with E-state index in [0.29, 0.717) is 35.1 Å². The van der Waals surface area contributed by atoms with E-state index in [2.05, 4.69) is 5.32 Å². The Hall–Kier alpha value is -2.40. The van der Waals surface area contributed by atoms with Gasteiger partial charge in [-0.3, -0.25) is 4.79 Å². The minimum Gasteiger partial charge on any atom is -0.492 e. The van der Waals surface area contributed by atoms with E-state index in [1.807, 2.05) is 0 Å². The molecule has 0 radical (unpaired) electrons. The fourth-order valence-corrected chi connectivity index (χ4v) is 1.97. The summed E-state index contributed by atoms with van der Waals surface area (Å²) in [6, 6.07) is 12.1. The Balaban J connectivity index is 1.89. The number of hydrogen-bond acceptors (Lipinski definition) is 4. The molecular formula is C15H16ClN3O2. The van der Waals surface area contributed by atoms with Crippen LogP contribution in [-0.2, 0) is 0 Å². The smallest absolute Gasteiger partial charge is 0.250 e. The standard InChI is InChI=1S/C15H16ClN3O2/c16-10-1-6-14(13(9-10)15(18)20)19-7-8-21-12-4-2-11(17)3-5-12/h1-6,9,19H,7-8,17H2,(H2,18,20). The lowest BCUT2D eigenvalue weighted by molar-refractivity contribution is 0.100. The second kappa shape index (κ2) is 6.85. The van der Waals surface area contributed by atoms with Crippen molar-refractivity contribution in [2.24, 2.45) is 5.73 Å².